The second kappa shape index (κ2) is 6.95. The average molecular weight is 345 g/mol. The lowest BCUT2D eigenvalue weighted by Crippen LogP contribution is -2.40. The summed E-state index contributed by atoms with van der Waals surface area (Å²) in [4.78, 5) is 18.8. The van der Waals surface area contributed by atoms with Gasteiger partial charge in [0.15, 0.2) is 0 Å². The summed E-state index contributed by atoms with van der Waals surface area (Å²) < 4.78 is 0.999. The van der Waals surface area contributed by atoms with E-state index in [-0.39, 0.29) is 0 Å². The molecule has 1 atom stereocenters. The number of ketones is 1. The minimum absolute atomic E-state index is 0.331. The number of rotatable bonds is 5. The Morgan fingerprint density at radius 3 is 3.05 bits per heavy atom. The second-order valence-electron chi connectivity index (χ2n) is 5.57. The predicted octanol–water partition coefficient (Wildman–Crippen LogP) is 3.53. The van der Waals surface area contributed by atoms with Gasteiger partial charge in [-0.05, 0) is 55.1 Å². The van der Waals surface area contributed by atoms with E-state index in [1.54, 1.807) is 17.5 Å². The number of hydrogen-bond donors (Lipinski definition) is 0. The molecule has 106 valence electrons. The first-order chi connectivity index (χ1) is 9.04. The van der Waals surface area contributed by atoms with Crippen LogP contribution in [0.2, 0.25) is 0 Å². The summed E-state index contributed by atoms with van der Waals surface area (Å²) in [6.07, 6.45) is 5.39. The van der Waals surface area contributed by atoms with Gasteiger partial charge in [-0.2, -0.15) is 0 Å². The van der Waals surface area contributed by atoms with Crippen molar-refractivity contribution < 1.29 is 4.79 Å². The van der Waals surface area contributed by atoms with Crippen molar-refractivity contribution in [3.05, 3.63) is 15.0 Å². The molecule has 19 heavy (non-hydrogen) atoms. The SMILES string of the molecule is CC(C)N1CCC[C@@H](CC(=O)Cc2ncc(Br)s2)C1. The Morgan fingerprint density at radius 2 is 2.42 bits per heavy atom. The maximum atomic E-state index is 12.1. The van der Waals surface area contributed by atoms with Gasteiger partial charge in [-0.1, -0.05) is 0 Å². The number of thiazole rings is 1. The Morgan fingerprint density at radius 1 is 1.63 bits per heavy atom. The average Bonchev–Trinajstić information content (AvgIpc) is 2.74. The van der Waals surface area contributed by atoms with Gasteiger partial charge < -0.3 is 4.90 Å². The predicted molar refractivity (Wildman–Crippen MR) is 82.6 cm³/mol. The van der Waals surface area contributed by atoms with E-state index in [2.05, 4.69) is 39.7 Å². The molecule has 1 aromatic heterocycles. The molecule has 0 unspecified atom stereocenters. The molecule has 1 aliphatic heterocycles. The summed E-state index contributed by atoms with van der Waals surface area (Å²) in [5.74, 6) is 0.865. The van der Waals surface area contributed by atoms with E-state index in [9.17, 15) is 4.79 Å². The summed E-state index contributed by atoms with van der Waals surface area (Å²) >= 11 is 4.94. The van der Waals surface area contributed by atoms with E-state index in [4.69, 9.17) is 0 Å². The highest BCUT2D eigenvalue weighted by Crippen LogP contribution is 2.24. The van der Waals surface area contributed by atoms with Gasteiger partial charge in [-0.15, -0.1) is 11.3 Å². The molecule has 1 saturated heterocycles. The summed E-state index contributed by atoms with van der Waals surface area (Å²) in [5.41, 5.74) is 0. The first kappa shape index (κ1) is 15.1. The van der Waals surface area contributed by atoms with Crippen LogP contribution in [0.15, 0.2) is 9.98 Å². The van der Waals surface area contributed by atoms with Crippen LogP contribution in [0, 0.1) is 5.92 Å². The number of carbonyl (C=O) groups is 1. The van der Waals surface area contributed by atoms with Crippen LogP contribution in [0.1, 0.15) is 38.1 Å². The summed E-state index contributed by atoms with van der Waals surface area (Å²) in [6, 6.07) is 0.591. The first-order valence-electron chi connectivity index (χ1n) is 6.90. The standard InChI is InChI=1S/C14H21BrN2OS/c1-10(2)17-5-3-4-11(9-17)6-12(18)7-14-16-8-13(15)19-14/h8,10-11H,3-7,9H2,1-2H3/t11-/m0/s1. The number of likely N-dealkylation sites (tertiary alicyclic amines) is 1. The lowest BCUT2D eigenvalue weighted by atomic mass is 9.91. The van der Waals surface area contributed by atoms with Crippen LogP contribution >= 0.6 is 27.3 Å². The Labute approximate surface area is 127 Å². The minimum Gasteiger partial charge on any atom is -0.301 e. The zero-order chi connectivity index (χ0) is 13.8. The lowest BCUT2D eigenvalue weighted by Gasteiger charge is -2.35. The van der Waals surface area contributed by atoms with E-state index in [0.717, 1.165) is 15.3 Å². The number of hydrogen-bond acceptors (Lipinski definition) is 4. The lowest BCUT2D eigenvalue weighted by molar-refractivity contribution is -0.119. The van der Waals surface area contributed by atoms with Crippen LogP contribution in [-0.2, 0) is 11.2 Å². The van der Waals surface area contributed by atoms with Gasteiger partial charge in [0.1, 0.15) is 10.8 Å². The van der Waals surface area contributed by atoms with E-state index < -0.39 is 0 Å². The number of aromatic nitrogens is 1. The number of carbonyl (C=O) groups excluding carboxylic acids is 1. The van der Waals surface area contributed by atoms with Crippen molar-refractivity contribution in [1.29, 1.82) is 0 Å². The zero-order valence-electron chi connectivity index (χ0n) is 11.6. The van der Waals surface area contributed by atoms with Gasteiger partial charge in [-0.3, -0.25) is 4.79 Å². The molecule has 0 bridgehead atoms. The summed E-state index contributed by atoms with van der Waals surface area (Å²) in [5, 5.41) is 0.924. The Balaban J connectivity index is 1.81. The van der Waals surface area contributed by atoms with E-state index in [0.29, 0.717) is 30.6 Å². The van der Waals surface area contributed by atoms with Gasteiger partial charge in [-0.25, -0.2) is 4.98 Å². The molecular weight excluding hydrogens is 324 g/mol. The highest BCUT2D eigenvalue weighted by molar-refractivity contribution is 9.11. The number of halogens is 1. The molecule has 0 radical (unpaired) electrons. The van der Waals surface area contributed by atoms with Gasteiger partial charge >= 0.3 is 0 Å². The monoisotopic (exact) mass is 344 g/mol. The quantitative estimate of drug-likeness (QED) is 0.819. The largest absolute Gasteiger partial charge is 0.301 e. The molecule has 0 spiro atoms. The van der Waals surface area contributed by atoms with Crippen LogP contribution in [0.25, 0.3) is 0 Å². The Kier molecular flexibility index (Phi) is 5.54. The van der Waals surface area contributed by atoms with Gasteiger partial charge in [0, 0.05) is 19.0 Å². The van der Waals surface area contributed by atoms with E-state index >= 15 is 0 Å². The topological polar surface area (TPSA) is 33.2 Å². The molecule has 0 saturated carbocycles. The van der Waals surface area contributed by atoms with Crippen LogP contribution in [0.4, 0.5) is 0 Å². The van der Waals surface area contributed by atoms with Crippen molar-refractivity contribution in [2.75, 3.05) is 13.1 Å². The van der Waals surface area contributed by atoms with Crippen LogP contribution in [-0.4, -0.2) is 34.8 Å². The molecule has 2 rings (SSSR count). The van der Waals surface area contributed by atoms with Gasteiger partial charge in [0.2, 0.25) is 0 Å². The fraction of sp³-hybridized carbons (Fsp3) is 0.714. The van der Waals surface area contributed by atoms with Crippen LogP contribution < -0.4 is 0 Å². The fourth-order valence-corrected chi connectivity index (χ4v) is 4.00. The molecule has 2 heterocycles. The highest BCUT2D eigenvalue weighted by atomic mass is 79.9. The first-order valence-corrected chi connectivity index (χ1v) is 8.51. The maximum absolute atomic E-state index is 12.1. The van der Waals surface area contributed by atoms with Crippen LogP contribution in [0.3, 0.4) is 0 Å². The number of nitrogens with zero attached hydrogens (tertiary/aromatic N) is 2. The molecule has 0 N–H and O–H groups in total. The van der Waals surface area contributed by atoms with Crippen molar-refractivity contribution in [2.45, 2.75) is 45.6 Å². The zero-order valence-corrected chi connectivity index (χ0v) is 14.0. The molecule has 5 heteroatoms. The number of Topliss-reactive ketones (excluding diaryl/α,β-unsaturated/α-hetero) is 1. The third-order valence-electron chi connectivity index (χ3n) is 3.67. The van der Waals surface area contributed by atoms with Crippen LogP contribution in [0.5, 0.6) is 0 Å². The number of piperidine rings is 1. The molecule has 0 aliphatic carbocycles. The van der Waals surface area contributed by atoms with Gasteiger partial charge in [0.25, 0.3) is 0 Å². The Bertz CT molecular complexity index is 433. The highest BCUT2D eigenvalue weighted by Gasteiger charge is 2.23. The second-order valence-corrected chi connectivity index (χ2v) is 8.07. The summed E-state index contributed by atoms with van der Waals surface area (Å²) in [6.45, 7) is 6.72. The van der Waals surface area contributed by atoms with E-state index in [1.807, 2.05) is 0 Å². The van der Waals surface area contributed by atoms with Gasteiger partial charge in [0.05, 0.1) is 16.4 Å². The minimum atomic E-state index is 0.331. The molecular formula is C14H21BrN2OS. The van der Waals surface area contributed by atoms with Crippen molar-refractivity contribution in [3.63, 3.8) is 0 Å². The third-order valence-corrected chi connectivity index (χ3v) is 5.15. The van der Waals surface area contributed by atoms with Crippen molar-refractivity contribution in [2.24, 2.45) is 5.92 Å². The van der Waals surface area contributed by atoms with Crippen molar-refractivity contribution in [3.8, 4) is 0 Å². The molecule has 3 nitrogen and oxygen atoms in total. The Hall–Kier alpha value is -0.260. The molecule has 1 fully saturated rings. The van der Waals surface area contributed by atoms with Crippen molar-refractivity contribution in [1.82, 2.24) is 9.88 Å². The smallest absolute Gasteiger partial charge is 0.140 e. The fourth-order valence-electron chi connectivity index (χ4n) is 2.67. The normalized spacial score (nSPS) is 20.9. The third kappa shape index (κ3) is 4.65. The maximum Gasteiger partial charge on any atom is 0.140 e. The van der Waals surface area contributed by atoms with E-state index in [1.165, 1.54) is 19.4 Å². The van der Waals surface area contributed by atoms with Crippen molar-refractivity contribution >= 4 is 33.0 Å². The molecule has 0 amide bonds. The molecule has 0 aromatic carbocycles. The molecule has 1 aliphatic rings. The molecule has 1 aromatic rings. The summed E-state index contributed by atoms with van der Waals surface area (Å²) in [7, 11) is 0.